The molecule has 1 aromatic rings. The predicted molar refractivity (Wildman–Crippen MR) is 66.7 cm³/mol. The van der Waals surface area contributed by atoms with Gasteiger partial charge < -0.3 is 5.43 Å². The Morgan fingerprint density at radius 2 is 2.00 bits per heavy atom. The van der Waals surface area contributed by atoms with Gasteiger partial charge in [0.25, 0.3) is 0 Å². The number of hydrazine groups is 1. The van der Waals surface area contributed by atoms with E-state index in [1.165, 1.54) is 22.4 Å². The van der Waals surface area contributed by atoms with Crippen molar-refractivity contribution >= 4 is 5.70 Å². The van der Waals surface area contributed by atoms with E-state index in [9.17, 15) is 0 Å². The summed E-state index contributed by atoms with van der Waals surface area (Å²) in [4.78, 5) is 0. The minimum Gasteiger partial charge on any atom is -0.321 e. The minimum atomic E-state index is 0.183. The lowest BCUT2D eigenvalue weighted by atomic mass is 9.71. The van der Waals surface area contributed by atoms with E-state index in [1.807, 2.05) is 0 Å². The van der Waals surface area contributed by atoms with E-state index in [1.54, 1.807) is 0 Å². The Kier molecular flexibility index (Phi) is 1.93. The summed E-state index contributed by atoms with van der Waals surface area (Å²) in [7, 11) is 0. The maximum absolute atomic E-state index is 3.31. The summed E-state index contributed by atoms with van der Waals surface area (Å²) >= 11 is 0. The van der Waals surface area contributed by atoms with Crippen LogP contribution in [0.4, 0.5) is 0 Å². The molecule has 1 unspecified atom stereocenters. The van der Waals surface area contributed by atoms with Gasteiger partial charge >= 0.3 is 0 Å². The summed E-state index contributed by atoms with van der Waals surface area (Å²) in [6, 6.07) is 8.76. The first-order valence-electron chi connectivity index (χ1n) is 5.98. The van der Waals surface area contributed by atoms with Gasteiger partial charge in [0.15, 0.2) is 0 Å². The van der Waals surface area contributed by atoms with Crippen molar-refractivity contribution in [1.29, 1.82) is 0 Å². The highest BCUT2D eigenvalue weighted by Crippen LogP contribution is 2.50. The molecule has 3 rings (SSSR count). The zero-order valence-electron chi connectivity index (χ0n) is 10.1. The molecule has 2 aliphatic rings. The summed E-state index contributed by atoms with van der Waals surface area (Å²) in [6.07, 6.45) is 0. The zero-order chi connectivity index (χ0) is 11.3. The molecule has 1 aliphatic carbocycles. The highest BCUT2D eigenvalue weighted by Gasteiger charge is 2.44. The second-order valence-electron chi connectivity index (χ2n) is 5.23. The lowest BCUT2D eigenvalue weighted by Gasteiger charge is -2.33. The number of fused-ring (bicyclic) bond motifs is 2. The molecule has 84 valence electrons. The second-order valence-corrected chi connectivity index (χ2v) is 5.23. The third-order valence-electron chi connectivity index (χ3n) is 4.32. The molecule has 0 spiro atoms. The number of nitrogens with one attached hydrogen (secondary N) is 2. The Balaban J connectivity index is 2.27. The first-order valence-corrected chi connectivity index (χ1v) is 5.98. The number of benzene rings is 1. The second kappa shape index (κ2) is 3.11. The van der Waals surface area contributed by atoms with Gasteiger partial charge in [-0.1, -0.05) is 45.0 Å². The van der Waals surface area contributed by atoms with Gasteiger partial charge in [0.05, 0.1) is 5.70 Å². The van der Waals surface area contributed by atoms with E-state index in [-0.39, 0.29) is 5.41 Å². The lowest BCUT2D eigenvalue weighted by molar-refractivity contribution is 0.397. The van der Waals surface area contributed by atoms with Gasteiger partial charge in [-0.05, 0) is 17.1 Å². The van der Waals surface area contributed by atoms with Crippen molar-refractivity contribution in [3.8, 4) is 0 Å². The van der Waals surface area contributed by atoms with Crippen LogP contribution in [0.3, 0.4) is 0 Å². The van der Waals surface area contributed by atoms with Crippen LogP contribution in [0.5, 0.6) is 0 Å². The third-order valence-corrected chi connectivity index (χ3v) is 4.32. The normalized spacial score (nSPS) is 27.0. The fourth-order valence-corrected chi connectivity index (χ4v) is 3.03. The molecule has 1 heterocycles. The third kappa shape index (κ3) is 1.00. The van der Waals surface area contributed by atoms with Gasteiger partial charge in [-0.25, -0.2) is 5.43 Å². The maximum Gasteiger partial charge on any atom is 0.0577 e. The van der Waals surface area contributed by atoms with Crippen molar-refractivity contribution in [3.63, 3.8) is 0 Å². The van der Waals surface area contributed by atoms with E-state index in [0.29, 0.717) is 5.92 Å². The predicted octanol–water partition coefficient (Wildman–Crippen LogP) is 2.43. The van der Waals surface area contributed by atoms with Crippen molar-refractivity contribution in [3.05, 3.63) is 41.0 Å². The van der Waals surface area contributed by atoms with E-state index in [0.717, 1.165) is 6.54 Å². The SMILES string of the molecule is CC(C)C1(C)C2=C(NNC2)c2ccccc21. The Labute approximate surface area is 96.7 Å². The lowest BCUT2D eigenvalue weighted by Crippen LogP contribution is -2.33. The molecule has 1 atom stereocenters. The van der Waals surface area contributed by atoms with Crippen LogP contribution in [0, 0.1) is 5.92 Å². The molecule has 16 heavy (non-hydrogen) atoms. The fraction of sp³-hybridized carbons (Fsp3) is 0.429. The van der Waals surface area contributed by atoms with Gasteiger partial charge in [0, 0.05) is 17.5 Å². The molecule has 0 aromatic heterocycles. The van der Waals surface area contributed by atoms with Gasteiger partial charge in [-0.15, -0.1) is 0 Å². The van der Waals surface area contributed by atoms with Gasteiger partial charge in [0.1, 0.15) is 0 Å². The molecule has 0 saturated heterocycles. The smallest absolute Gasteiger partial charge is 0.0577 e. The standard InChI is InChI=1S/C14H18N2/c1-9(2)14(3)11-7-5-4-6-10(11)13-12(14)8-15-16-13/h4-7,9,15-16H,8H2,1-3H3. The van der Waals surface area contributed by atoms with Crippen molar-refractivity contribution in [2.75, 3.05) is 6.54 Å². The number of hydrogen-bond acceptors (Lipinski definition) is 2. The summed E-state index contributed by atoms with van der Waals surface area (Å²) in [5, 5.41) is 0. The van der Waals surface area contributed by atoms with E-state index in [2.05, 4.69) is 55.9 Å². The molecule has 2 nitrogen and oxygen atoms in total. The highest BCUT2D eigenvalue weighted by molar-refractivity contribution is 5.80. The van der Waals surface area contributed by atoms with Crippen LogP contribution in [0.15, 0.2) is 29.8 Å². The van der Waals surface area contributed by atoms with Crippen LogP contribution in [0.25, 0.3) is 5.70 Å². The van der Waals surface area contributed by atoms with Crippen molar-refractivity contribution < 1.29 is 0 Å². The molecule has 2 heteroatoms. The molecule has 0 amide bonds. The summed E-state index contributed by atoms with van der Waals surface area (Å²) in [5.41, 5.74) is 12.4. The minimum absolute atomic E-state index is 0.183. The highest BCUT2D eigenvalue weighted by atomic mass is 15.4. The van der Waals surface area contributed by atoms with Crippen LogP contribution >= 0.6 is 0 Å². The fourth-order valence-electron chi connectivity index (χ4n) is 3.03. The van der Waals surface area contributed by atoms with Crippen LogP contribution < -0.4 is 10.9 Å². The Morgan fingerprint density at radius 3 is 2.75 bits per heavy atom. The van der Waals surface area contributed by atoms with Crippen LogP contribution in [0.2, 0.25) is 0 Å². The van der Waals surface area contributed by atoms with Crippen molar-refractivity contribution in [2.24, 2.45) is 5.92 Å². The monoisotopic (exact) mass is 214 g/mol. The van der Waals surface area contributed by atoms with Crippen LogP contribution in [0.1, 0.15) is 31.9 Å². The summed E-state index contributed by atoms with van der Waals surface area (Å²) < 4.78 is 0. The number of rotatable bonds is 1. The Morgan fingerprint density at radius 1 is 1.25 bits per heavy atom. The zero-order valence-corrected chi connectivity index (χ0v) is 10.1. The molecule has 0 fully saturated rings. The molecular weight excluding hydrogens is 196 g/mol. The molecule has 1 aromatic carbocycles. The van der Waals surface area contributed by atoms with E-state index in [4.69, 9.17) is 0 Å². The number of hydrogen-bond donors (Lipinski definition) is 2. The first kappa shape index (κ1) is 9.91. The average molecular weight is 214 g/mol. The van der Waals surface area contributed by atoms with Gasteiger partial charge in [-0.2, -0.15) is 0 Å². The summed E-state index contributed by atoms with van der Waals surface area (Å²) in [6.45, 7) is 7.95. The van der Waals surface area contributed by atoms with Gasteiger partial charge in [0.2, 0.25) is 0 Å². The molecule has 0 radical (unpaired) electrons. The topological polar surface area (TPSA) is 24.1 Å². The Bertz CT molecular complexity index is 473. The van der Waals surface area contributed by atoms with Gasteiger partial charge in [-0.3, -0.25) is 0 Å². The molecule has 0 saturated carbocycles. The van der Waals surface area contributed by atoms with Crippen LogP contribution in [-0.4, -0.2) is 6.54 Å². The van der Waals surface area contributed by atoms with E-state index >= 15 is 0 Å². The molecule has 0 bridgehead atoms. The van der Waals surface area contributed by atoms with Crippen LogP contribution in [-0.2, 0) is 5.41 Å². The molecule has 1 aliphatic heterocycles. The average Bonchev–Trinajstić information content (AvgIpc) is 2.83. The largest absolute Gasteiger partial charge is 0.321 e. The maximum atomic E-state index is 3.31. The Hall–Kier alpha value is -1.28. The van der Waals surface area contributed by atoms with E-state index < -0.39 is 0 Å². The van der Waals surface area contributed by atoms with Crippen molar-refractivity contribution in [2.45, 2.75) is 26.2 Å². The quantitative estimate of drug-likeness (QED) is 0.750. The summed E-state index contributed by atoms with van der Waals surface area (Å²) in [5.74, 6) is 0.614. The molecule has 2 N–H and O–H groups in total. The van der Waals surface area contributed by atoms with Crippen molar-refractivity contribution in [1.82, 2.24) is 10.9 Å². The molecular formula is C14H18N2. The first-order chi connectivity index (χ1) is 7.65.